The molecule has 3 aromatic carbocycles. The highest BCUT2D eigenvalue weighted by Crippen LogP contribution is 2.31. The molecule has 1 aromatic heterocycles. The largest absolute Gasteiger partial charge is 0.476 e. The summed E-state index contributed by atoms with van der Waals surface area (Å²) in [5, 5.41) is 3.24. The third kappa shape index (κ3) is 4.28. The van der Waals surface area contributed by atoms with E-state index in [2.05, 4.69) is 5.32 Å². The lowest BCUT2D eigenvalue weighted by Crippen LogP contribution is -2.22. The van der Waals surface area contributed by atoms with Crippen molar-refractivity contribution in [3.8, 4) is 17.1 Å². The maximum atomic E-state index is 13.3. The number of carbonyl (C=O) groups is 1. The Labute approximate surface area is 186 Å². The van der Waals surface area contributed by atoms with Crippen LogP contribution in [0.15, 0.2) is 69.9 Å². The van der Waals surface area contributed by atoms with Crippen LogP contribution in [0.1, 0.15) is 22.3 Å². The standard InChI is InChI=1S/C27H25NO4/c1-16-10-11-21(12-17(16)2)28-24(29)15-31-27-25(30)22-13-18(3)19(4)14-23(22)32-26(27)20-8-6-5-7-9-20/h5-14H,15H2,1-4H3,(H,28,29). The maximum absolute atomic E-state index is 13.3. The number of benzene rings is 3. The Morgan fingerprint density at radius 3 is 2.28 bits per heavy atom. The maximum Gasteiger partial charge on any atom is 0.262 e. The molecule has 0 fully saturated rings. The molecule has 162 valence electrons. The van der Waals surface area contributed by atoms with E-state index in [1.165, 1.54) is 0 Å². The smallest absolute Gasteiger partial charge is 0.262 e. The lowest BCUT2D eigenvalue weighted by molar-refractivity contribution is -0.118. The van der Waals surface area contributed by atoms with Gasteiger partial charge < -0.3 is 14.5 Å². The fraction of sp³-hybridized carbons (Fsp3) is 0.185. The summed E-state index contributed by atoms with van der Waals surface area (Å²) in [6.07, 6.45) is 0. The van der Waals surface area contributed by atoms with E-state index in [1.54, 1.807) is 6.07 Å². The number of rotatable bonds is 5. The number of aryl methyl sites for hydroxylation is 4. The Kier molecular flexibility index (Phi) is 5.82. The zero-order chi connectivity index (χ0) is 22.8. The predicted molar refractivity (Wildman–Crippen MR) is 127 cm³/mol. The van der Waals surface area contributed by atoms with Crippen LogP contribution in [-0.2, 0) is 4.79 Å². The van der Waals surface area contributed by atoms with Crippen LogP contribution in [-0.4, -0.2) is 12.5 Å². The van der Waals surface area contributed by atoms with Gasteiger partial charge >= 0.3 is 0 Å². The number of nitrogens with one attached hydrogen (secondary N) is 1. The van der Waals surface area contributed by atoms with Gasteiger partial charge in [0.2, 0.25) is 11.2 Å². The summed E-state index contributed by atoms with van der Waals surface area (Å²) >= 11 is 0. The number of ether oxygens (including phenoxy) is 1. The first-order valence-corrected chi connectivity index (χ1v) is 10.5. The van der Waals surface area contributed by atoms with Crippen LogP contribution in [0.5, 0.6) is 5.75 Å². The van der Waals surface area contributed by atoms with Crippen molar-refractivity contribution in [2.45, 2.75) is 27.7 Å². The van der Waals surface area contributed by atoms with Gasteiger partial charge in [-0.1, -0.05) is 36.4 Å². The van der Waals surface area contributed by atoms with Crippen LogP contribution in [0.25, 0.3) is 22.3 Å². The van der Waals surface area contributed by atoms with Crippen molar-refractivity contribution in [1.82, 2.24) is 0 Å². The number of fused-ring (bicyclic) bond motifs is 1. The zero-order valence-electron chi connectivity index (χ0n) is 18.6. The van der Waals surface area contributed by atoms with Gasteiger partial charge in [0, 0.05) is 11.3 Å². The molecule has 32 heavy (non-hydrogen) atoms. The molecule has 4 aromatic rings. The van der Waals surface area contributed by atoms with E-state index in [-0.39, 0.29) is 23.7 Å². The molecule has 0 aliphatic carbocycles. The molecule has 0 saturated heterocycles. The lowest BCUT2D eigenvalue weighted by Gasteiger charge is -2.13. The van der Waals surface area contributed by atoms with Crippen LogP contribution in [0.4, 0.5) is 5.69 Å². The van der Waals surface area contributed by atoms with Gasteiger partial charge in [0.1, 0.15) is 5.58 Å². The molecule has 1 heterocycles. The molecule has 5 nitrogen and oxygen atoms in total. The Morgan fingerprint density at radius 2 is 1.56 bits per heavy atom. The highest BCUT2D eigenvalue weighted by molar-refractivity contribution is 5.92. The molecule has 0 spiro atoms. The summed E-state index contributed by atoms with van der Waals surface area (Å²) in [6, 6.07) is 18.6. The van der Waals surface area contributed by atoms with E-state index in [0.29, 0.717) is 28.0 Å². The molecular formula is C27H25NO4. The van der Waals surface area contributed by atoms with E-state index in [4.69, 9.17) is 9.15 Å². The van der Waals surface area contributed by atoms with Crippen LogP contribution >= 0.6 is 0 Å². The highest BCUT2D eigenvalue weighted by Gasteiger charge is 2.19. The minimum absolute atomic E-state index is 0.0298. The van der Waals surface area contributed by atoms with Gasteiger partial charge in [0.25, 0.3) is 5.91 Å². The molecule has 0 aliphatic rings. The van der Waals surface area contributed by atoms with Crippen LogP contribution in [0, 0.1) is 27.7 Å². The Morgan fingerprint density at radius 1 is 0.875 bits per heavy atom. The molecular weight excluding hydrogens is 402 g/mol. The summed E-state index contributed by atoms with van der Waals surface area (Å²) in [5.41, 5.74) is 5.81. The first-order valence-electron chi connectivity index (χ1n) is 10.5. The van der Waals surface area contributed by atoms with Gasteiger partial charge in [-0.3, -0.25) is 9.59 Å². The quantitative estimate of drug-likeness (QED) is 0.443. The molecule has 0 aliphatic heterocycles. The predicted octanol–water partition coefficient (Wildman–Crippen LogP) is 5.71. The Bertz CT molecular complexity index is 1370. The molecule has 0 bridgehead atoms. The fourth-order valence-corrected chi connectivity index (χ4v) is 3.50. The molecule has 1 N–H and O–H groups in total. The molecule has 0 atom stereocenters. The fourth-order valence-electron chi connectivity index (χ4n) is 3.50. The number of carbonyl (C=O) groups excluding carboxylic acids is 1. The van der Waals surface area contributed by atoms with Crippen molar-refractivity contribution < 1.29 is 13.9 Å². The molecule has 0 saturated carbocycles. The van der Waals surface area contributed by atoms with Gasteiger partial charge in [0.05, 0.1) is 5.39 Å². The van der Waals surface area contributed by atoms with Crippen molar-refractivity contribution in [3.05, 3.63) is 93.1 Å². The number of anilines is 1. The minimum atomic E-state index is -0.355. The number of hydrogen-bond acceptors (Lipinski definition) is 4. The molecule has 5 heteroatoms. The SMILES string of the molecule is Cc1ccc(NC(=O)COc2c(-c3ccccc3)oc3cc(C)c(C)cc3c2=O)cc1C. The van der Waals surface area contributed by atoms with E-state index in [9.17, 15) is 9.59 Å². The first-order chi connectivity index (χ1) is 15.3. The third-order valence-corrected chi connectivity index (χ3v) is 5.64. The molecule has 0 radical (unpaired) electrons. The Hall–Kier alpha value is -3.86. The first kappa shape index (κ1) is 21.4. The van der Waals surface area contributed by atoms with Gasteiger partial charge in [0.15, 0.2) is 12.4 Å². The van der Waals surface area contributed by atoms with Crippen molar-refractivity contribution >= 4 is 22.6 Å². The number of hydrogen-bond donors (Lipinski definition) is 1. The van der Waals surface area contributed by atoms with Crippen LogP contribution in [0.3, 0.4) is 0 Å². The Balaban J connectivity index is 1.69. The van der Waals surface area contributed by atoms with Crippen molar-refractivity contribution in [1.29, 1.82) is 0 Å². The van der Waals surface area contributed by atoms with Crippen molar-refractivity contribution in [2.24, 2.45) is 0 Å². The molecule has 4 rings (SSSR count). The van der Waals surface area contributed by atoms with Crippen molar-refractivity contribution in [2.75, 3.05) is 11.9 Å². The molecule has 1 amide bonds. The second kappa shape index (κ2) is 8.71. The normalized spacial score (nSPS) is 10.9. The van der Waals surface area contributed by atoms with E-state index in [0.717, 1.165) is 22.3 Å². The summed E-state index contributed by atoms with van der Waals surface area (Å²) in [6.45, 7) is 7.60. The van der Waals surface area contributed by atoms with Gasteiger partial charge in [-0.15, -0.1) is 0 Å². The summed E-state index contributed by atoms with van der Waals surface area (Å²) in [4.78, 5) is 25.9. The van der Waals surface area contributed by atoms with Gasteiger partial charge in [-0.05, 0) is 74.2 Å². The van der Waals surface area contributed by atoms with Crippen LogP contribution in [0.2, 0.25) is 0 Å². The highest BCUT2D eigenvalue weighted by atomic mass is 16.5. The summed E-state index contributed by atoms with van der Waals surface area (Å²) in [7, 11) is 0. The lowest BCUT2D eigenvalue weighted by atomic mass is 10.0. The van der Waals surface area contributed by atoms with E-state index < -0.39 is 0 Å². The third-order valence-electron chi connectivity index (χ3n) is 5.64. The monoisotopic (exact) mass is 427 g/mol. The molecule has 0 unspecified atom stereocenters. The topological polar surface area (TPSA) is 68.5 Å². The summed E-state index contributed by atoms with van der Waals surface area (Å²) in [5.74, 6) is -0.0145. The van der Waals surface area contributed by atoms with Gasteiger partial charge in [-0.25, -0.2) is 0 Å². The number of amides is 1. The van der Waals surface area contributed by atoms with E-state index in [1.807, 2.05) is 82.3 Å². The van der Waals surface area contributed by atoms with Gasteiger partial charge in [-0.2, -0.15) is 0 Å². The zero-order valence-corrected chi connectivity index (χ0v) is 18.6. The second-order valence-corrected chi connectivity index (χ2v) is 8.02. The van der Waals surface area contributed by atoms with Crippen molar-refractivity contribution in [3.63, 3.8) is 0 Å². The summed E-state index contributed by atoms with van der Waals surface area (Å²) < 4.78 is 11.9. The second-order valence-electron chi connectivity index (χ2n) is 8.02. The average Bonchev–Trinajstić information content (AvgIpc) is 2.77. The van der Waals surface area contributed by atoms with E-state index >= 15 is 0 Å². The minimum Gasteiger partial charge on any atom is -0.476 e. The van der Waals surface area contributed by atoms with Crippen LogP contribution < -0.4 is 15.5 Å². The average molecular weight is 428 g/mol.